The first-order valence-corrected chi connectivity index (χ1v) is 8.64. The van der Waals surface area contributed by atoms with Crippen LogP contribution in [0.15, 0.2) is 57.7 Å². The fourth-order valence-electron chi connectivity index (χ4n) is 3.03. The molecule has 130 valence electrons. The number of anilines is 2. The molecule has 0 bridgehead atoms. The summed E-state index contributed by atoms with van der Waals surface area (Å²) in [7, 11) is 3.99. The standard InChI is InChI=1S/C21H24N2O2/c1-5-23(6-2)18-12-9-16-13-19(21(24)25-20(16)14-18)15-7-10-17(11-8-15)22(3)4/h7-14H,5-6H2,1-4H3. The predicted octanol–water partition coefficient (Wildman–Crippen LogP) is 4.37. The molecule has 0 atom stereocenters. The van der Waals surface area contributed by atoms with Gasteiger partial charge in [0, 0.05) is 50.0 Å². The summed E-state index contributed by atoms with van der Waals surface area (Å²) in [6.07, 6.45) is 0. The zero-order valence-corrected chi connectivity index (χ0v) is 15.2. The largest absolute Gasteiger partial charge is 0.422 e. The molecular formula is C21H24N2O2. The second kappa shape index (κ2) is 7.01. The molecule has 25 heavy (non-hydrogen) atoms. The molecule has 3 rings (SSSR count). The minimum atomic E-state index is -0.304. The Morgan fingerprint density at radius 2 is 1.52 bits per heavy atom. The lowest BCUT2D eigenvalue weighted by Gasteiger charge is -2.21. The van der Waals surface area contributed by atoms with E-state index in [9.17, 15) is 4.79 Å². The van der Waals surface area contributed by atoms with Crippen LogP contribution in [0.25, 0.3) is 22.1 Å². The number of nitrogens with zero attached hydrogens (tertiary/aromatic N) is 2. The van der Waals surface area contributed by atoms with Crippen LogP contribution in [0.1, 0.15) is 13.8 Å². The van der Waals surface area contributed by atoms with Gasteiger partial charge in [0.25, 0.3) is 0 Å². The fourth-order valence-corrected chi connectivity index (χ4v) is 3.03. The molecule has 0 fully saturated rings. The lowest BCUT2D eigenvalue weighted by molar-refractivity contribution is 0.563. The van der Waals surface area contributed by atoms with Gasteiger partial charge in [-0.15, -0.1) is 0 Å². The smallest absolute Gasteiger partial charge is 0.344 e. The van der Waals surface area contributed by atoms with Gasteiger partial charge in [-0.1, -0.05) is 12.1 Å². The quantitative estimate of drug-likeness (QED) is 0.648. The van der Waals surface area contributed by atoms with Gasteiger partial charge >= 0.3 is 5.63 Å². The summed E-state index contributed by atoms with van der Waals surface area (Å²) in [5.41, 5.74) is 3.95. The first-order chi connectivity index (χ1) is 12.0. The lowest BCUT2D eigenvalue weighted by Crippen LogP contribution is -2.21. The van der Waals surface area contributed by atoms with Gasteiger partial charge in [-0.3, -0.25) is 0 Å². The summed E-state index contributed by atoms with van der Waals surface area (Å²) in [5.74, 6) is 0. The van der Waals surface area contributed by atoms with E-state index < -0.39 is 0 Å². The highest BCUT2D eigenvalue weighted by Crippen LogP contribution is 2.26. The predicted molar refractivity (Wildman–Crippen MR) is 106 cm³/mol. The summed E-state index contributed by atoms with van der Waals surface area (Å²) in [5, 5.41) is 0.933. The Hall–Kier alpha value is -2.75. The molecule has 1 aromatic heterocycles. The summed E-state index contributed by atoms with van der Waals surface area (Å²) in [6, 6.07) is 15.9. The zero-order valence-electron chi connectivity index (χ0n) is 15.2. The SMILES string of the molecule is CCN(CC)c1ccc2cc(-c3ccc(N(C)C)cc3)c(=O)oc2c1. The molecule has 0 aliphatic rings. The second-order valence-corrected chi connectivity index (χ2v) is 6.28. The van der Waals surface area contributed by atoms with E-state index >= 15 is 0 Å². The molecular weight excluding hydrogens is 312 g/mol. The Kier molecular flexibility index (Phi) is 4.79. The minimum absolute atomic E-state index is 0.304. The molecule has 4 heteroatoms. The van der Waals surface area contributed by atoms with Gasteiger partial charge in [-0.05, 0) is 49.7 Å². The van der Waals surface area contributed by atoms with Crippen molar-refractivity contribution < 1.29 is 4.42 Å². The van der Waals surface area contributed by atoms with E-state index in [0.29, 0.717) is 11.1 Å². The molecule has 0 saturated carbocycles. The number of benzene rings is 2. The lowest BCUT2D eigenvalue weighted by atomic mass is 10.1. The maximum atomic E-state index is 12.5. The molecule has 3 aromatic rings. The zero-order chi connectivity index (χ0) is 18.0. The van der Waals surface area contributed by atoms with E-state index in [0.717, 1.165) is 35.4 Å². The Morgan fingerprint density at radius 1 is 0.880 bits per heavy atom. The molecule has 0 saturated heterocycles. The van der Waals surface area contributed by atoms with Crippen molar-refractivity contribution in [3.05, 3.63) is 59.0 Å². The van der Waals surface area contributed by atoms with Crippen LogP contribution in [0.4, 0.5) is 11.4 Å². The summed E-state index contributed by atoms with van der Waals surface area (Å²) in [6.45, 7) is 6.07. The Bertz CT molecular complexity index is 923. The summed E-state index contributed by atoms with van der Waals surface area (Å²) in [4.78, 5) is 16.7. The number of fused-ring (bicyclic) bond motifs is 1. The van der Waals surface area contributed by atoms with Crippen molar-refractivity contribution in [2.24, 2.45) is 0 Å². The van der Waals surface area contributed by atoms with Gasteiger partial charge in [0.15, 0.2) is 0 Å². The van der Waals surface area contributed by atoms with E-state index in [4.69, 9.17) is 4.42 Å². The van der Waals surface area contributed by atoms with Crippen molar-refractivity contribution >= 4 is 22.3 Å². The van der Waals surface area contributed by atoms with Crippen LogP contribution < -0.4 is 15.4 Å². The van der Waals surface area contributed by atoms with Crippen molar-refractivity contribution in [2.75, 3.05) is 37.0 Å². The van der Waals surface area contributed by atoms with E-state index in [-0.39, 0.29) is 5.63 Å². The fraction of sp³-hybridized carbons (Fsp3) is 0.286. The average Bonchev–Trinajstić information content (AvgIpc) is 2.62. The molecule has 0 spiro atoms. The van der Waals surface area contributed by atoms with Crippen LogP contribution in [0.2, 0.25) is 0 Å². The highest BCUT2D eigenvalue weighted by Gasteiger charge is 2.10. The third-order valence-corrected chi connectivity index (χ3v) is 4.54. The maximum Gasteiger partial charge on any atom is 0.344 e. The van der Waals surface area contributed by atoms with Crippen LogP contribution in [-0.4, -0.2) is 27.2 Å². The van der Waals surface area contributed by atoms with Crippen molar-refractivity contribution in [1.29, 1.82) is 0 Å². The van der Waals surface area contributed by atoms with E-state index in [1.165, 1.54) is 0 Å². The molecule has 0 amide bonds. The first kappa shape index (κ1) is 17.1. The summed E-state index contributed by atoms with van der Waals surface area (Å²) >= 11 is 0. The average molecular weight is 336 g/mol. The van der Waals surface area contributed by atoms with Crippen molar-refractivity contribution in [3.63, 3.8) is 0 Å². The van der Waals surface area contributed by atoms with Gasteiger partial charge in [-0.25, -0.2) is 4.79 Å². The summed E-state index contributed by atoms with van der Waals surface area (Å²) < 4.78 is 5.61. The topological polar surface area (TPSA) is 36.7 Å². The van der Waals surface area contributed by atoms with Crippen LogP contribution in [0, 0.1) is 0 Å². The molecule has 4 nitrogen and oxygen atoms in total. The van der Waals surface area contributed by atoms with Crippen LogP contribution in [0.3, 0.4) is 0 Å². The first-order valence-electron chi connectivity index (χ1n) is 8.64. The molecule has 2 aromatic carbocycles. The molecule has 0 N–H and O–H groups in total. The van der Waals surface area contributed by atoms with Crippen LogP contribution >= 0.6 is 0 Å². The molecule has 1 heterocycles. The monoisotopic (exact) mass is 336 g/mol. The van der Waals surface area contributed by atoms with Gasteiger partial charge in [-0.2, -0.15) is 0 Å². The van der Waals surface area contributed by atoms with Crippen molar-refractivity contribution in [1.82, 2.24) is 0 Å². The normalized spacial score (nSPS) is 10.9. The van der Waals surface area contributed by atoms with Crippen LogP contribution in [0.5, 0.6) is 0 Å². The molecule has 0 radical (unpaired) electrons. The van der Waals surface area contributed by atoms with Crippen molar-refractivity contribution in [2.45, 2.75) is 13.8 Å². The maximum absolute atomic E-state index is 12.5. The number of hydrogen-bond acceptors (Lipinski definition) is 4. The Morgan fingerprint density at radius 3 is 2.12 bits per heavy atom. The van der Waals surface area contributed by atoms with Crippen LogP contribution in [-0.2, 0) is 0 Å². The van der Waals surface area contributed by atoms with Gasteiger partial charge in [0.05, 0.1) is 5.56 Å². The molecule has 0 unspecified atom stereocenters. The number of hydrogen-bond donors (Lipinski definition) is 0. The molecule has 0 aliphatic heterocycles. The number of rotatable bonds is 5. The Labute approximate surface area is 148 Å². The second-order valence-electron chi connectivity index (χ2n) is 6.28. The van der Waals surface area contributed by atoms with E-state index in [1.54, 1.807) is 0 Å². The minimum Gasteiger partial charge on any atom is -0.422 e. The van der Waals surface area contributed by atoms with Gasteiger partial charge < -0.3 is 14.2 Å². The molecule has 0 aliphatic carbocycles. The highest BCUT2D eigenvalue weighted by molar-refractivity contribution is 5.84. The van der Waals surface area contributed by atoms with Gasteiger partial charge in [0.2, 0.25) is 0 Å². The van der Waals surface area contributed by atoms with E-state index in [1.807, 2.05) is 61.5 Å². The highest BCUT2D eigenvalue weighted by atomic mass is 16.4. The van der Waals surface area contributed by atoms with E-state index in [2.05, 4.69) is 24.8 Å². The Balaban J connectivity index is 2.05. The van der Waals surface area contributed by atoms with Crippen molar-refractivity contribution in [3.8, 4) is 11.1 Å². The third-order valence-electron chi connectivity index (χ3n) is 4.54. The third kappa shape index (κ3) is 3.38. The van der Waals surface area contributed by atoms with Gasteiger partial charge in [0.1, 0.15) is 5.58 Å².